The van der Waals surface area contributed by atoms with Gasteiger partial charge in [0.15, 0.2) is 0 Å². The Morgan fingerprint density at radius 3 is 2.00 bits per heavy atom. The van der Waals surface area contributed by atoms with Gasteiger partial charge in [-0.05, 0) is 45.4 Å². The van der Waals surface area contributed by atoms with E-state index in [9.17, 15) is 9.59 Å². The molecule has 0 aromatic heterocycles. The summed E-state index contributed by atoms with van der Waals surface area (Å²) in [7, 11) is 0. The number of esters is 2. The van der Waals surface area contributed by atoms with Gasteiger partial charge in [-0.3, -0.25) is 9.59 Å². The van der Waals surface area contributed by atoms with Crippen molar-refractivity contribution in [2.24, 2.45) is 11.8 Å². The Hall–Kier alpha value is -1.06. The zero-order valence-corrected chi connectivity index (χ0v) is 12.4. The second kappa shape index (κ2) is 7.65. The number of hydrogen-bond donors (Lipinski definition) is 0. The van der Waals surface area contributed by atoms with Crippen molar-refractivity contribution < 1.29 is 19.1 Å². The molecule has 0 aliphatic heterocycles. The van der Waals surface area contributed by atoms with Crippen LogP contribution in [-0.4, -0.2) is 24.6 Å². The molecule has 2 rings (SSSR count). The molecule has 2 saturated carbocycles. The first-order valence-electron chi connectivity index (χ1n) is 8.09. The summed E-state index contributed by atoms with van der Waals surface area (Å²) in [5.74, 6) is -0.975. The molecule has 20 heavy (non-hydrogen) atoms. The second-order valence-corrected chi connectivity index (χ2v) is 5.95. The molecule has 0 bridgehead atoms. The Labute approximate surface area is 121 Å². The van der Waals surface area contributed by atoms with Crippen LogP contribution < -0.4 is 0 Å². The summed E-state index contributed by atoms with van der Waals surface area (Å²) >= 11 is 0. The maximum atomic E-state index is 12.4. The molecule has 2 fully saturated rings. The Morgan fingerprint density at radius 2 is 1.40 bits per heavy atom. The maximum absolute atomic E-state index is 12.4. The molecule has 0 aromatic rings. The van der Waals surface area contributed by atoms with Gasteiger partial charge in [-0.25, -0.2) is 0 Å². The van der Waals surface area contributed by atoms with Gasteiger partial charge in [-0.1, -0.05) is 19.3 Å². The van der Waals surface area contributed by atoms with E-state index in [4.69, 9.17) is 9.47 Å². The zero-order chi connectivity index (χ0) is 14.4. The van der Waals surface area contributed by atoms with E-state index in [1.54, 1.807) is 6.92 Å². The number of rotatable bonds is 4. The molecule has 0 saturated heterocycles. The summed E-state index contributed by atoms with van der Waals surface area (Å²) in [5.41, 5.74) is 0. The van der Waals surface area contributed by atoms with Crippen molar-refractivity contribution in [3.05, 3.63) is 0 Å². The highest BCUT2D eigenvalue weighted by atomic mass is 16.5. The van der Waals surface area contributed by atoms with Crippen LogP contribution in [0, 0.1) is 11.8 Å². The van der Waals surface area contributed by atoms with Gasteiger partial charge in [0.2, 0.25) is 0 Å². The average molecular weight is 282 g/mol. The highest BCUT2D eigenvalue weighted by Gasteiger charge is 2.38. The molecule has 114 valence electrons. The first-order chi connectivity index (χ1) is 9.72. The quantitative estimate of drug-likeness (QED) is 0.743. The van der Waals surface area contributed by atoms with Crippen LogP contribution >= 0.6 is 0 Å². The standard InChI is InChI=1S/C16H26O4/c1-2-19-15(17)13-10-6-7-11-14(13)16(18)20-12-8-4-3-5-9-12/h12-14H,2-11H2,1H3. The fourth-order valence-electron chi connectivity index (χ4n) is 3.38. The Kier molecular flexibility index (Phi) is 5.86. The van der Waals surface area contributed by atoms with E-state index in [2.05, 4.69) is 0 Å². The number of ether oxygens (including phenoxy) is 2. The summed E-state index contributed by atoms with van der Waals surface area (Å²) in [5, 5.41) is 0. The van der Waals surface area contributed by atoms with E-state index in [-0.39, 0.29) is 29.9 Å². The molecular formula is C16H26O4. The molecule has 0 radical (unpaired) electrons. The fraction of sp³-hybridized carbons (Fsp3) is 0.875. The van der Waals surface area contributed by atoms with Gasteiger partial charge >= 0.3 is 11.9 Å². The lowest BCUT2D eigenvalue weighted by atomic mass is 9.79. The topological polar surface area (TPSA) is 52.6 Å². The third-order valence-corrected chi connectivity index (χ3v) is 4.49. The summed E-state index contributed by atoms with van der Waals surface area (Å²) < 4.78 is 10.7. The molecule has 0 spiro atoms. The fourth-order valence-corrected chi connectivity index (χ4v) is 3.38. The van der Waals surface area contributed by atoms with Crippen LogP contribution in [0.4, 0.5) is 0 Å². The highest BCUT2D eigenvalue weighted by Crippen LogP contribution is 2.33. The van der Waals surface area contributed by atoms with Crippen molar-refractivity contribution in [1.82, 2.24) is 0 Å². The van der Waals surface area contributed by atoms with Gasteiger partial charge < -0.3 is 9.47 Å². The number of carbonyl (C=O) groups is 2. The second-order valence-electron chi connectivity index (χ2n) is 5.95. The zero-order valence-electron chi connectivity index (χ0n) is 12.4. The molecule has 2 atom stereocenters. The van der Waals surface area contributed by atoms with E-state index < -0.39 is 0 Å². The first kappa shape index (κ1) is 15.3. The molecule has 0 amide bonds. The van der Waals surface area contributed by atoms with Crippen molar-refractivity contribution in [2.75, 3.05) is 6.61 Å². The average Bonchev–Trinajstić information content (AvgIpc) is 2.48. The van der Waals surface area contributed by atoms with Gasteiger partial charge in [0.1, 0.15) is 6.10 Å². The van der Waals surface area contributed by atoms with Gasteiger partial charge in [0, 0.05) is 0 Å². The van der Waals surface area contributed by atoms with E-state index in [0.29, 0.717) is 6.61 Å². The van der Waals surface area contributed by atoms with Crippen LogP contribution in [0.5, 0.6) is 0 Å². The van der Waals surface area contributed by atoms with Crippen LogP contribution in [0.3, 0.4) is 0 Å². The van der Waals surface area contributed by atoms with Crippen LogP contribution in [-0.2, 0) is 19.1 Å². The van der Waals surface area contributed by atoms with E-state index in [1.165, 1.54) is 6.42 Å². The summed E-state index contributed by atoms with van der Waals surface area (Å²) in [4.78, 5) is 24.3. The van der Waals surface area contributed by atoms with Crippen LogP contribution in [0.15, 0.2) is 0 Å². The Bertz CT molecular complexity index is 333. The van der Waals surface area contributed by atoms with Gasteiger partial charge in [0.05, 0.1) is 18.4 Å². The minimum atomic E-state index is -0.292. The molecule has 4 heteroatoms. The van der Waals surface area contributed by atoms with Gasteiger partial charge in [-0.15, -0.1) is 0 Å². The van der Waals surface area contributed by atoms with Crippen LogP contribution in [0.25, 0.3) is 0 Å². The van der Waals surface area contributed by atoms with E-state index >= 15 is 0 Å². The highest BCUT2D eigenvalue weighted by molar-refractivity contribution is 5.82. The van der Waals surface area contributed by atoms with Crippen molar-refractivity contribution >= 4 is 11.9 Å². The molecule has 2 aliphatic rings. The summed E-state index contributed by atoms with van der Waals surface area (Å²) in [6.45, 7) is 2.18. The monoisotopic (exact) mass is 282 g/mol. The molecular weight excluding hydrogens is 256 g/mol. The smallest absolute Gasteiger partial charge is 0.310 e. The molecule has 0 aromatic carbocycles. The lowest BCUT2D eigenvalue weighted by molar-refractivity contribution is -0.166. The van der Waals surface area contributed by atoms with Crippen molar-refractivity contribution in [3.63, 3.8) is 0 Å². The largest absolute Gasteiger partial charge is 0.466 e. The lowest BCUT2D eigenvalue weighted by Crippen LogP contribution is -2.36. The number of carbonyl (C=O) groups excluding carboxylic acids is 2. The van der Waals surface area contributed by atoms with Gasteiger partial charge in [-0.2, -0.15) is 0 Å². The van der Waals surface area contributed by atoms with Crippen molar-refractivity contribution in [1.29, 1.82) is 0 Å². The van der Waals surface area contributed by atoms with Crippen molar-refractivity contribution in [3.8, 4) is 0 Å². The predicted molar refractivity (Wildman–Crippen MR) is 75.0 cm³/mol. The third-order valence-electron chi connectivity index (χ3n) is 4.49. The minimum absolute atomic E-state index is 0.0704. The Balaban J connectivity index is 1.92. The summed E-state index contributed by atoms with van der Waals surface area (Å²) in [6.07, 6.45) is 9.05. The normalized spacial score (nSPS) is 27.9. The molecule has 4 nitrogen and oxygen atoms in total. The molecule has 2 aliphatic carbocycles. The molecule has 0 N–H and O–H groups in total. The maximum Gasteiger partial charge on any atom is 0.310 e. The SMILES string of the molecule is CCOC(=O)C1CCCCC1C(=O)OC1CCCCC1. The third kappa shape index (κ3) is 3.97. The predicted octanol–water partition coefficient (Wildman–Crippen LogP) is 3.23. The number of hydrogen-bond acceptors (Lipinski definition) is 4. The molecule has 0 heterocycles. The molecule has 2 unspecified atom stereocenters. The summed E-state index contributed by atoms with van der Waals surface area (Å²) in [6, 6.07) is 0. The van der Waals surface area contributed by atoms with Crippen LogP contribution in [0.1, 0.15) is 64.7 Å². The minimum Gasteiger partial charge on any atom is -0.466 e. The van der Waals surface area contributed by atoms with Crippen molar-refractivity contribution in [2.45, 2.75) is 70.8 Å². The van der Waals surface area contributed by atoms with Gasteiger partial charge in [0.25, 0.3) is 0 Å². The first-order valence-corrected chi connectivity index (χ1v) is 8.09. The lowest BCUT2D eigenvalue weighted by Gasteiger charge is -2.30. The van der Waals surface area contributed by atoms with E-state index in [1.807, 2.05) is 0 Å². The Morgan fingerprint density at radius 1 is 0.850 bits per heavy atom. The van der Waals surface area contributed by atoms with E-state index in [0.717, 1.165) is 51.4 Å². The van der Waals surface area contributed by atoms with Crippen LogP contribution in [0.2, 0.25) is 0 Å².